The van der Waals surface area contributed by atoms with Gasteiger partial charge >= 0.3 is 0 Å². The summed E-state index contributed by atoms with van der Waals surface area (Å²) in [6.07, 6.45) is 5.70. The lowest BCUT2D eigenvalue weighted by molar-refractivity contribution is -0.121. The second-order valence-corrected chi connectivity index (χ2v) is 4.46. The topological polar surface area (TPSA) is 71.8 Å². The van der Waals surface area contributed by atoms with E-state index in [0.29, 0.717) is 24.8 Å². The highest BCUT2D eigenvalue weighted by molar-refractivity contribution is 5.76. The molecule has 1 atom stereocenters. The molecule has 1 aliphatic rings. The maximum Gasteiger partial charge on any atom is 0.221 e. The fourth-order valence-corrected chi connectivity index (χ4v) is 2.04. The van der Waals surface area contributed by atoms with Crippen molar-refractivity contribution in [1.82, 2.24) is 25.4 Å². The van der Waals surface area contributed by atoms with Crippen molar-refractivity contribution in [1.29, 1.82) is 0 Å². The van der Waals surface area contributed by atoms with Gasteiger partial charge in [-0.1, -0.05) is 6.42 Å². The van der Waals surface area contributed by atoms with Crippen molar-refractivity contribution in [3.8, 4) is 0 Å². The molecule has 2 N–H and O–H groups in total. The number of hydrogen-bond acceptors (Lipinski definition) is 4. The van der Waals surface area contributed by atoms with Crippen molar-refractivity contribution in [2.24, 2.45) is 7.05 Å². The zero-order chi connectivity index (χ0) is 12.1. The summed E-state index contributed by atoms with van der Waals surface area (Å²) in [7, 11) is 1.81. The quantitative estimate of drug-likeness (QED) is 0.771. The van der Waals surface area contributed by atoms with E-state index >= 15 is 0 Å². The maximum atomic E-state index is 11.7. The predicted molar refractivity (Wildman–Crippen MR) is 63.1 cm³/mol. The third-order valence-corrected chi connectivity index (χ3v) is 2.93. The fraction of sp³-hybridized carbons (Fsp3) is 0.727. The molecule has 0 spiro atoms. The number of rotatable bonds is 4. The minimum Gasteiger partial charge on any atom is -0.349 e. The first-order valence-corrected chi connectivity index (χ1v) is 6.08. The van der Waals surface area contributed by atoms with Crippen molar-refractivity contribution < 1.29 is 4.79 Å². The minimum atomic E-state index is 0.0665. The van der Waals surface area contributed by atoms with Crippen LogP contribution in [0.1, 0.15) is 31.5 Å². The summed E-state index contributed by atoms with van der Waals surface area (Å²) in [5.41, 5.74) is 0. The van der Waals surface area contributed by atoms with Crippen LogP contribution < -0.4 is 10.6 Å². The maximum absolute atomic E-state index is 11.7. The smallest absolute Gasteiger partial charge is 0.221 e. The van der Waals surface area contributed by atoms with E-state index in [1.165, 1.54) is 12.8 Å². The lowest BCUT2D eigenvalue weighted by Crippen LogP contribution is -2.38. The van der Waals surface area contributed by atoms with Gasteiger partial charge in [0.25, 0.3) is 0 Å². The van der Waals surface area contributed by atoms with Crippen LogP contribution in [0, 0.1) is 0 Å². The molecule has 0 bridgehead atoms. The van der Waals surface area contributed by atoms with Gasteiger partial charge in [0.2, 0.25) is 5.91 Å². The van der Waals surface area contributed by atoms with Crippen LogP contribution in [-0.4, -0.2) is 33.3 Å². The van der Waals surface area contributed by atoms with Gasteiger partial charge in [-0.3, -0.25) is 9.48 Å². The van der Waals surface area contributed by atoms with Crippen LogP contribution in [0.2, 0.25) is 0 Å². The third-order valence-electron chi connectivity index (χ3n) is 2.93. The fourth-order valence-electron chi connectivity index (χ4n) is 2.04. The summed E-state index contributed by atoms with van der Waals surface area (Å²) in [4.78, 5) is 15.7. The molecular formula is C11H19N5O. The Labute approximate surface area is 101 Å². The number of nitrogens with one attached hydrogen (secondary N) is 2. The number of aryl methyl sites for hydroxylation is 1. The predicted octanol–water partition coefficient (Wildman–Crippen LogP) is -0.0365. The Balaban J connectivity index is 1.70. The van der Waals surface area contributed by atoms with Crippen LogP contribution in [0.4, 0.5) is 0 Å². The van der Waals surface area contributed by atoms with Gasteiger partial charge in [0.05, 0.1) is 6.54 Å². The highest BCUT2D eigenvalue weighted by atomic mass is 16.1. The first kappa shape index (κ1) is 12.0. The van der Waals surface area contributed by atoms with E-state index in [0.717, 1.165) is 13.0 Å². The third kappa shape index (κ3) is 3.81. The number of nitrogens with zero attached hydrogens (tertiary/aromatic N) is 3. The van der Waals surface area contributed by atoms with E-state index in [1.807, 2.05) is 7.05 Å². The van der Waals surface area contributed by atoms with Gasteiger partial charge in [-0.2, -0.15) is 5.10 Å². The van der Waals surface area contributed by atoms with Gasteiger partial charge in [0.1, 0.15) is 6.33 Å². The molecule has 1 aliphatic heterocycles. The molecule has 1 aromatic heterocycles. The van der Waals surface area contributed by atoms with Crippen LogP contribution in [0.3, 0.4) is 0 Å². The molecule has 0 aromatic carbocycles. The molecule has 6 nitrogen and oxygen atoms in total. The number of piperidine rings is 1. The van der Waals surface area contributed by atoms with E-state index in [2.05, 4.69) is 20.7 Å². The standard InChI is InChI=1S/C11H19N5O/c1-16-8-14-10(15-16)7-13-11(17)6-9-4-2-3-5-12-9/h8-9,12H,2-7H2,1H3,(H,13,17). The van der Waals surface area contributed by atoms with E-state index in [1.54, 1.807) is 11.0 Å². The van der Waals surface area contributed by atoms with E-state index in [-0.39, 0.29) is 5.91 Å². The lowest BCUT2D eigenvalue weighted by Gasteiger charge is -2.22. The van der Waals surface area contributed by atoms with Gasteiger partial charge in [-0.25, -0.2) is 4.98 Å². The molecule has 1 amide bonds. The Hall–Kier alpha value is -1.43. The number of carbonyl (C=O) groups is 1. The number of hydrogen-bond donors (Lipinski definition) is 2. The van der Waals surface area contributed by atoms with Crippen molar-refractivity contribution in [3.63, 3.8) is 0 Å². The van der Waals surface area contributed by atoms with Crippen LogP contribution in [0.5, 0.6) is 0 Å². The molecule has 17 heavy (non-hydrogen) atoms. The Morgan fingerprint density at radius 3 is 3.18 bits per heavy atom. The molecule has 2 rings (SSSR count). The summed E-state index contributed by atoms with van der Waals surface area (Å²) >= 11 is 0. The Kier molecular flexibility index (Phi) is 4.08. The van der Waals surface area contributed by atoms with Gasteiger partial charge < -0.3 is 10.6 Å². The molecular weight excluding hydrogens is 218 g/mol. The molecule has 6 heteroatoms. The SMILES string of the molecule is Cn1cnc(CNC(=O)CC2CCCCN2)n1. The van der Waals surface area contributed by atoms with Crippen molar-refractivity contribution in [3.05, 3.63) is 12.2 Å². The van der Waals surface area contributed by atoms with Gasteiger partial charge in [0, 0.05) is 19.5 Å². The zero-order valence-corrected chi connectivity index (χ0v) is 10.1. The van der Waals surface area contributed by atoms with E-state index in [9.17, 15) is 4.79 Å². The molecule has 0 aliphatic carbocycles. The lowest BCUT2D eigenvalue weighted by atomic mass is 10.0. The van der Waals surface area contributed by atoms with E-state index < -0.39 is 0 Å². The van der Waals surface area contributed by atoms with Crippen molar-refractivity contribution >= 4 is 5.91 Å². The zero-order valence-electron chi connectivity index (χ0n) is 10.1. The largest absolute Gasteiger partial charge is 0.349 e. The van der Waals surface area contributed by atoms with E-state index in [4.69, 9.17) is 0 Å². The Morgan fingerprint density at radius 1 is 1.65 bits per heavy atom. The summed E-state index contributed by atoms with van der Waals surface area (Å²) in [6, 6.07) is 0.334. The van der Waals surface area contributed by atoms with Crippen LogP contribution in [0.25, 0.3) is 0 Å². The second-order valence-electron chi connectivity index (χ2n) is 4.46. The number of carbonyl (C=O) groups excluding carboxylic acids is 1. The summed E-state index contributed by atoms with van der Waals surface area (Å²) in [5.74, 6) is 0.717. The summed E-state index contributed by atoms with van der Waals surface area (Å²) in [5, 5.41) is 10.3. The van der Waals surface area contributed by atoms with Gasteiger partial charge in [-0.15, -0.1) is 0 Å². The highest BCUT2D eigenvalue weighted by Gasteiger charge is 2.16. The van der Waals surface area contributed by atoms with Crippen molar-refractivity contribution in [2.45, 2.75) is 38.3 Å². The average Bonchev–Trinajstić information content (AvgIpc) is 2.74. The van der Waals surface area contributed by atoms with Crippen LogP contribution in [-0.2, 0) is 18.4 Å². The second kappa shape index (κ2) is 5.77. The summed E-state index contributed by atoms with van der Waals surface area (Å²) in [6.45, 7) is 1.44. The first-order valence-electron chi connectivity index (χ1n) is 6.08. The van der Waals surface area contributed by atoms with Crippen molar-refractivity contribution in [2.75, 3.05) is 6.54 Å². The number of amides is 1. The highest BCUT2D eigenvalue weighted by Crippen LogP contribution is 2.09. The molecule has 1 fully saturated rings. The number of aromatic nitrogens is 3. The van der Waals surface area contributed by atoms with Crippen LogP contribution >= 0.6 is 0 Å². The Bertz CT molecular complexity index is 370. The normalized spacial score (nSPS) is 20.2. The van der Waals surface area contributed by atoms with Crippen LogP contribution in [0.15, 0.2) is 6.33 Å². The summed E-state index contributed by atoms with van der Waals surface area (Å²) < 4.78 is 1.63. The molecule has 94 valence electrons. The van der Waals surface area contributed by atoms with Gasteiger partial charge in [-0.05, 0) is 19.4 Å². The molecule has 1 aromatic rings. The molecule has 0 radical (unpaired) electrons. The molecule has 1 unspecified atom stereocenters. The monoisotopic (exact) mass is 237 g/mol. The minimum absolute atomic E-state index is 0.0665. The first-order chi connectivity index (χ1) is 8.24. The van der Waals surface area contributed by atoms with Gasteiger partial charge in [0.15, 0.2) is 5.82 Å². The molecule has 1 saturated heterocycles. The molecule has 2 heterocycles. The Morgan fingerprint density at radius 2 is 2.53 bits per heavy atom. The molecule has 0 saturated carbocycles. The average molecular weight is 237 g/mol.